The molecule has 3 saturated carbocycles. The second kappa shape index (κ2) is 8.71. The van der Waals surface area contributed by atoms with Crippen LogP contribution in [-0.4, -0.2) is 5.78 Å². The molecule has 2 unspecified atom stereocenters. The molecule has 0 aliphatic heterocycles. The van der Waals surface area contributed by atoms with Gasteiger partial charge in [0.15, 0.2) is 5.78 Å². The first-order valence-corrected chi connectivity index (χ1v) is 15.6. The maximum Gasteiger partial charge on any atom is 0.159 e. The van der Waals surface area contributed by atoms with Crippen molar-refractivity contribution in [3.05, 3.63) is 11.6 Å². The van der Waals surface area contributed by atoms with Crippen molar-refractivity contribution in [1.82, 2.24) is 0 Å². The maximum atomic E-state index is 13.8. The molecule has 0 saturated heterocycles. The Balaban J connectivity index is 1.71. The summed E-state index contributed by atoms with van der Waals surface area (Å²) in [4.78, 5) is 13.8. The highest BCUT2D eigenvalue weighted by molar-refractivity contribution is 5.94. The molecule has 0 aromatic heterocycles. The minimum Gasteiger partial charge on any atom is -0.295 e. The number of fused-ring (bicyclic) bond motifs is 5. The van der Waals surface area contributed by atoms with E-state index in [4.69, 9.17) is 0 Å². The SMILES string of the molecule is CC(C[C@@H](C)C(C)(C)[C@H]1CC[C@@]2(C)C3=CC(=O)[C@@H]4C[C@@H](C)[C@@H](C)C[C@]4(C)C3[C@H](C)C[C@]12C)C(C)(C)C. The van der Waals surface area contributed by atoms with Crippen molar-refractivity contribution >= 4 is 5.78 Å². The van der Waals surface area contributed by atoms with E-state index in [1.54, 1.807) is 5.57 Å². The van der Waals surface area contributed by atoms with E-state index in [9.17, 15) is 4.79 Å². The number of allylic oxidation sites excluding steroid dienone is 2. The fourth-order valence-corrected chi connectivity index (χ4v) is 10.6. The van der Waals surface area contributed by atoms with Gasteiger partial charge in [-0.3, -0.25) is 4.79 Å². The van der Waals surface area contributed by atoms with Crippen LogP contribution in [0.3, 0.4) is 0 Å². The molecule has 0 bridgehead atoms. The van der Waals surface area contributed by atoms with Gasteiger partial charge in [-0.2, -0.15) is 0 Å². The second-order valence-electron chi connectivity index (χ2n) is 17.2. The molecule has 0 radical (unpaired) electrons. The molecule has 4 rings (SSSR count). The Morgan fingerprint density at radius 2 is 1.53 bits per heavy atom. The van der Waals surface area contributed by atoms with Gasteiger partial charge >= 0.3 is 0 Å². The van der Waals surface area contributed by atoms with Crippen LogP contribution < -0.4 is 0 Å². The van der Waals surface area contributed by atoms with Crippen LogP contribution in [0.15, 0.2) is 11.6 Å². The zero-order valence-electron chi connectivity index (χ0n) is 26.3. The molecule has 36 heavy (non-hydrogen) atoms. The van der Waals surface area contributed by atoms with Crippen LogP contribution in [0.5, 0.6) is 0 Å². The molecular weight excluding hydrogens is 436 g/mol. The molecule has 1 heteroatoms. The largest absolute Gasteiger partial charge is 0.295 e. The van der Waals surface area contributed by atoms with E-state index in [0.29, 0.717) is 58.0 Å². The molecule has 0 heterocycles. The molecule has 0 N–H and O–H groups in total. The van der Waals surface area contributed by atoms with E-state index in [1.165, 1.54) is 32.1 Å². The Kier molecular flexibility index (Phi) is 6.88. The molecule has 0 aromatic rings. The van der Waals surface area contributed by atoms with Gasteiger partial charge < -0.3 is 0 Å². The summed E-state index contributed by atoms with van der Waals surface area (Å²) in [6, 6.07) is 0. The van der Waals surface area contributed by atoms with E-state index in [1.807, 2.05) is 0 Å². The first-order chi connectivity index (χ1) is 16.3. The highest BCUT2D eigenvalue weighted by Gasteiger charge is 2.68. The van der Waals surface area contributed by atoms with Crippen molar-refractivity contribution in [2.45, 2.75) is 129 Å². The zero-order chi connectivity index (χ0) is 27.2. The molecule has 11 atom stereocenters. The van der Waals surface area contributed by atoms with E-state index in [0.717, 1.165) is 6.42 Å². The summed E-state index contributed by atoms with van der Waals surface area (Å²) in [6.45, 7) is 32.5. The van der Waals surface area contributed by atoms with Crippen molar-refractivity contribution in [2.24, 2.45) is 74.4 Å². The average Bonchev–Trinajstić information content (AvgIpc) is 3.01. The standard InChI is InChI=1S/C35H60O/c1-21-16-26-28(36)18-27-30(33(26,11)19-22(21)2)23(3)20-35(13)29(14-15-34(27,35)12)32(9,10)25(5)17-24(4)31(6,7)8/h18,21-26,29-30H,14-17,19-20H2,1-13H3/t21-,22+,23-,24?,25-,26+,29-,30?,33+,34+,35-/m1/s1. The summed E-state index contributed by atoms with van der Waals surface area (Å²) in [5.74, 6) is 5.41. The molecule has 0 spiro atoms. The van der Waals surface area contributed by atoms with E-state index >= 15 is 0 Å². The van der Waals surface area contributed by atoms with Crippen molar-refractivity contribution in [1.29, 1.82) is 0 Å². The van der Waals surface area contributed by atoms with Crippen molar-refractivity contribution in [3.63, 3.8) is 0 Å². The molecular formula is C35H60O. The molecule has 0 amide bonds. The predicted octanol–water partition coefficient (Wildman–Crippen LogP) is 10.00. The monoisotopic (exact) mass is 496 g/mol. The number of ketones is 1. The molecule has 3 fully saturated rings. The van der Waals surface area contributed by atoms with Crippen molar-refractivity contribution in [3.8, 4) is 0 Å². The molecule has 4 aliphatic rings. The van der Waals surface area contributed by atoms with Gasteiger partial charge in [-0.15, -0.1) is 0 Å². The molecule has 4 aliphatic carbocycles. The lowest BCUT2D eigenvalue weighted by molar-refractivity contribution is -0.139. The summed E-state index contributed by atoms with van der Waals surface area (Å²) in [5, 5.41) is 0. The molecule has 1 nitrogen and oxygen atoms in total. The highest BCUT2D eigenvalue weighted by atomic mass is 16.1. The highest BCUT2D eigenvalue weighted by Crippen LogP contribution is 2.75. The summed E-state index contributed by atoms with van der Waals surface area (Å²) in [6.07, 6.45) is 9.74. The van der Waals surface area contributed by atoms with Gasteiger partial charge in [-0.25, -0.2) is 0 Å². The lowest BCUT2D eigenvalue weighted by atomic mass is 9.39. The van der Waals surface area contributed by atoms with Gasteiger partial charge in [0.05, 0.1) is 0 Å². The summed E-state index contributed by atoms with van der Waals surface area (Å²) in [5.41, 5.74) is 2.77. The normalized spacial score (nSPS) is 46.9. The second-order valence-corrected chi connectivity index (χ2v) is 17.2. The Bertz CT molecular complexity index is 902. The van der Waals surface area contributed by atoms with Crippen LogP contribution in [0.1, 0.15) is 129 Å². The quantitative estimate of drug-likeness (QED) is 0.378. The van der Waals surface area contributed by atoms with Crippen LogP contribution in [0, 0.1) is 74.4 Å². The number of carbonyl (C=O) groups excluding carboxylic acids is 1. The fraction of sp³-hybridized carbons (Fsp3) is 0.914. The van der Waals surface area contributed by atoms with Gasteiger partial charge in [-0.05, 0) is 113 Å². The lowest BCUT2D eigenvalue weighted by Gasteiger charge is -2.64. The van der Waals surface area contributed by atoms with Gasteiger partial charge in [0.25, 0.3) is 0 Å². The van der Waals surface area contributed by atoms with Crippen molar-refractivity contribution < 1.29 is 4.79 Å². The van der Waals surface area contributed by atoms with Crippen LogP contribution >= 0.6 is 0 Å². The summed E-state index contributed by atoms with van der Waals surface area (Å²) in [7, 11) is 0. The van der Waals surface area contributed by atoms with E-state index < -0.39 is 0 Å². The Morgan fingerprint density at radius 1 is 0.917 bits per heavy atom. The number of hydrogen-bond donors (Lipinski definition) is 0. The minimum absolute atomic E-state index is 0.139. The Hall–Kier alpha value is -0.590. The lowest BCUT2D eigenvalue weighted by Crippen LogP contribution is -2.59. The topological polar surface area (TPSA) is 17.1 Å². The fourth-order valence-electron chi connectivity index (χ4n) is 10.6. The third-order valence-electron chi connectivity index (χ3n) is 14.1. The third kappa shape index (κ3) is 3.94. The Morgan fingerprint density at radius 3 is 2.11 bits per heavy atom. The Labute approximate surface area is 225 Å². The van der Waals surface area contributed by atoms with Gasteiger partial charge in [0.2, 0.25) is 0 Å². The molecule has 206 valence electrons. The number of rotatable bonds is 4. The van der Waals surface area contributed by atoms with Crippen LogP contribution in [0.25, 0.3) is 0 Å². The predicted molar refractivity (Wildman–Crippen MR) is 155 cm³/mol. The molecule has 0 aromatic carbocycles. The van der Waals surface area contributed by atoms with E-state index in [2.05, 4.69) is 96.1 Å². The van der Waals surface area contributed by atoms with Gasteiger partial charge in [-0.1, -0.05) is 95.6 Å². The third-order valence-corrected chi connectivity index (χ3v) is 14.1. The van der Waals surface area contributed by atoms with Crippen LogP contribution in [0.2, 0.25) is 0 Å². The first-order valence-electron chi connectivity index (χ1n) is 15.6. The first kappa shape index (κ1) is 28.4. The van der Waals surface area contributed by atoms with Gasteiger partial charge in [0, 0.05) is 5.92 Å². The summed E-state index contributed by atoms with van der Waals surface area (Å²) >= 11 is 0. The number of hydrogen-bond acceptors (Lipinski definition) is 1. The summed E-state index contributed by atoms with van der Waals surface area (Å²) < 4.78 is 0. The average molecular weight is 497 g/mol. The number of carbonyl (C=O) groups is 1. The van der Waals surface area contributed by atoms with Gasteiger partial charge in [0.1, 0.15) is 0 Å². The van der Waals surface area contributed by atoms with E-state index in [-0.39, 0.29) is 22.2 Å². The minimum atomic E-state index is 0.139. The van der Waals surface area contributed by atoms with Crippen LogP contribution in [0.4, 0.5) is 0 Å². The van der Waals surface area contributed by atoms with Crippen LogP contribution in [-0.2, 0) is 4.79 Å². The smallest absolute Gasteiger partial charge is 0.159 e. The maximum absolute atomic E-state index is 13.8. The zero-order valence-corrected chi connectivity index (χ0v) is 26.3. The van der Waals surface area contributed by atoms with Crippen molar-refractivity contribution in [2.75, 3.05) is 0 Å².